The van der Waals surface area contributed by atoms with Crippen LogP contribution in [0.15, 0.2) is 0 Å². The summed E-state index contributed by atoms with van der Waals surface area (Å²) in [6, 6.07) is 0.103. The first-order valence-electron chi connectivity index (χ1n) is 6.41. The Balaban J connectivity index is 3.99. The van der Waals surface area contributed by atoms with Crippen LogP contribution in [-0.2, 0) is 4.79 Å². The van der Waals surface area contributed by atoms with Crippen LogP contribution in [0.4, 0.5) is 0 Å². The molecule has 0 heterocycles. The minimum atomic E-state index is 0.103. The molecule has 0 fully saturated rings. The Morgan fingerprint density at radius 3 is 2.31 bits per heavy atom. The Labute approximate surface area is 99.6 Å². The zero-order chi connectivity index (χ0) is 12.6. The topological polar surface area (TPSA) is 49.3 Å². The summed E-state index contributed by atoms with van der Waals surface area (Å²) in [5.74, 6) is 0.942. The summed E-state index contributed by atoms with van der Waals surface area (Å²) in [4.78, 5) is 11.7. The highest BCUT2D eigenvalue weighted by Crippen LogP contribution is 2.11. The molecule has 0 aliphatic carbocycles. The van der Waals surface area contributed by atoms with Crippen LogP contribution >= 0.6 is 0 Å². The lowest BCUT2D eigenvalue weighted by molar-refractivity contribution is -0.123. The smallest absolute Gasteiger partial charge is 0.220 e. The van der Waals surface area contributed by atoms with Gasteiger partial charge in [-0.2, -0.15) is 0 Å². The Morgan fingerprint density at radius 1 is 1.25 bits per heavy atom. The molecule has 0 rings (SSSR count). The van der Waals surface area contributed by atoms with Gasteiger partial charge in [0.05, 0.1) is 0 Å². The van der Waals surface area contributed by atoms with E-state index in [0.29, 0.717) is 24.7 Å². The fraction of sp³-hybridized carbons (Fsp3) is 0.923. The molecule has 2 unspecified atom stereocenters. The Kier molecular flexibility index (Phi) is 8.26. The van der Waals surface area contributed by atoms with Crippen LogP contribution in [0.3, 0.4) is 0 Å². The Bertz CT molecular complexity index is 192. The van der Waals surface area contributed by atoms with Crippen LogP contribution in [0.2, 0.25) is 0 Å². The summed E-state index contributed by atoms with van der Waals surface area (Å²) in [6.45, 7) is 8.51. The van der Waals surface area contributed by atoms with Gasteiger partial charge in [0.1, 0.15) is 0 Å². The first kappa shape index (κ1) is 15.4. The molecule has 0 aromatic rings. The lowest BCUT2D eigenvalue weighted by atomic mass is 9.99. The molecule has 0 saturated carbocycles. The van der Waals surface area contributed by atoms with Crippen molar-refractivity contribution in [3.8, 4) is 0 Å². The van der Waals surface area contributed by atoms with Gasteiger partial charge in [-0.15, -0.1) is 0 Å². The average molecular weight is 229 g/mol. The van der Waals surface area contributed by atoms with Gasteiger partial charge in [0.2, 0.25) is 5.91 Å². The second-order valence-corrected chi connectivity index (χ2v) is 5.03. The molecule has 0 spiro atoms. The molecule has 3 heteroatoms. The minimum absolute atomic E-state index is 0.103. The number of aliphatic hydroxyl groups excluding tert-OH is 1. The number of nitrogens with one attached hydrogen (secondary N) is 1. The molecule has 0 bridgehead atoms. The minimum Gasteiger partial charge on any atom is -0.396 e. The molecule has 0 radical (unpaired) electrons. The zero-order valence-corrected chi connectivity index (χ0v) is 11.1. The Hall–Kier alpha value is -0.570. The van der Waals surface area contributed by atoms with Gasteiger partial charge in [-0.25, -0.2) is 0 Å². The van der Waals surface area contributed by atoms with Crippen molar-refractivity contribution in [1.82, 2.24) is 5.32 Å². The van der Waals surface area contributed by atoms with E-state index in [2.05, 4.69) is 33.0 Å². The molecule has 96 valence electrons. The first-order chi connectivity index (χ1) is 7.51. The van der Waals surface area contributed by atoms with Crippen LogP contribution in [0.5, 0.6) is 0 Å². The number of aliphatic hydroxyl groups is 1. The maximum Gasteiger partial charge on any atom is 0.220 e. The largest absolute Gasteiger partial charge is 0.396 e. The lowest BCUT2D eigenvalue weighted by Crippen LogP contribution is -2.39. The van der Waals surface area contributed by atoms with Crippen molar-refractivity contribution >= 4 is 5.91 Å². The molecular weight excluding hydrogens is 202 g/mol. The van der Waals surface area contributed by atoms with E-state index < -0.39 is 0 Å². The summed E-state index contributed by atoms with van der Waals surface area (Å²) in [7, 11) is 0. The number of carbonyl (C=O) groups excluding carboxylic acids is 1. The van der Waals surface area contributed by atoms with Crippen molar-refractivity contribution in [3.05, 3.63) is 0 Å². The number of hydrogen-bond donors (Lipinski definition) is 2. The summed E-state index contributed by atoms with van der Waals surface area (Å²) in [5.41, 5.74) is 0. The van der Waals surface area contributed by atoms with Crippen LogP contribution in [0.25, 0.3) is 0 Å². The fourth-order valence-electron chi connectivity index (χ4n) is 1.89. The van der Waals surface area contributed by atoms with Crippen LogP contribution in [0.1, 0.15) is 53.4 Å². The van der Waals surface area contributed by atoms with E-state index in [1.807, 2.05) is 0 Å². The molecule has 3 nitrogen and oxygen atoms in total. The summed E-state index contributed by atoms with van der Waals surface area (Å²) in [5, 5.41) is 11.9. The number of amides is 1. The maximum absolute atomic E-state index is 11.7. The SMILES string of the molecule is CCCC(C)CC(=O)NC(CCO)C(C)C. The average Bonchev–Trinajstić information content (AvgIpc) is 2.16. The van der Waals surface area contributed by atoms with Crippen molar-refractivity contribution in [2.45, 2.75) is 59.4 Å². The highest BCUT2D eigenvalue weighted by atomic mass is 16.3. The van der Waals surface area contributed by atoms with Crippen molar-refractivity contribution in [2.75, 3.05) is 6.61 Å². The molecular formula is C13H27NO2. The number of carbonyl (C=O) groups is 1. The molecule has 0 aliphatic rings. The molecule has 0 aliphatic heterocycles. The summed E-state index contributed by atoms with van der Waals surface area (Å²) >= 11 is 0. The maximum atomic E-state index is 11.7. The fourth-order valence-corrected chi connectivity index (χ4v) is 1.89. The molecule has 2 N–H and O–H groups in total. The van der Waals surface area contributed by atoms with E-state index in [9.17, 15) is 4.79 Å². The van der Waals surface area contributed by atoms with E-state index in [1.165, 1.54) is 0 Å². The van der Waals surface area contributed by atoms with Crippen molar-refractivity contribution < 1.29 is 9.90 Å². The highest BCUT2D eigenvalue weighted by Gasteiger charge is 2.16. The third-order valence-electron chi connectivity index (χ3n) is 2.91. The molecule has 1 amide bonds. The van der Waals surface area contributed by atoms with Gasteiger partial charge in [0.25, 0.3) is 0 Å². The van der Waals surface area contributed by atoms with Gasteiger partial charge < -0.3 is 10.4 Å². The van der Waals surface area contributed by atoms with Gasteiger partial charge in [-0.3, -0.25) is 4.79 Å². The monoisotopic (exact) mass is 229 g/mol. The van der Waals surface area contributed by atoms with E-state index in [4.69, 9.17) is 5.11 Å². The predicted molar refractivity (Wildman–Crippen MR) is 67.2 cm³/mol. The van der Waals surface area contributed by atoms with Crippen molar-refractivity contribution in [3.63, 3.8) is 0 Å². The molecule has 16 heavy (non-hydrogen) atoms. The number of hydrogen-bond acceptors (Lipinski definition) is 2. The van der Waals surface area contributed by atoms with Crippen molar-refractivity contribution in [1.29, 1.82) is 0 Å². The van der Waals surface area contributed by atoms with Crippen molar-refractivity contribution in [2.24, 2.45) is 11.8 Å². The predicted octanol–water partition coefficient (Wildman–Crippen LogP) is 2.34. The standard InChI is InChI=1S/C13H27NO2/c1-5-6-11(4)9-13(16)14-12(7-8-15)10(2)3/h10-12,15H,5-9H2,1-4H3,(H,14,16). The van der Waals surface area contributed by atoms with E-state index in [0.717, 1.165) is 12.8 Å². The van der Waals surface area contributed by atoms with Crippen LogP contribution < -0.4 is 5.32 Å². The second-order valence-electron chi connectivity index (χ2n) is 5.03. The van der Waals surface area contributed by atoms with Crippen LogP contribution in [-0.4, -0.2) is 23.7 Å². The van der Waals surface area contributed by atoms with Gasteiger partial charge in [-0.1, -0.05) is 40.5 Å². The molecule has 0 aromatic heterocycles. The van der Waals surface area contributed by atoms with Crippen LogP contribution in [0, 0.1) is 11.8 Å². The second kappa shape index (κ2) is 8.57. The van der Waals surface area contributed by atoms with Gasteiger partial charge in [0, 0.05) is 19.1 Å². The summed E-state index contributed by atoms with van der Waals surface area (Å²) in [6.07, 6.45) is 3.46. The van der Waals surface area contributed by atoms with E-state index in [1.54, 1.807) is 0 Å². The van der Waals surface area contributed by atoms with Gasteiger partial charge in [0.15, 0.2) is 0 Å². The van der Waals surface area contributed by atoms with E-state index in [-0.39, 0.29) is 18.6 Å². The highest BCUT2D eigenvalue weighted by molar-refractivity contribution is 5.76. The third-order valence-corrected chi connectivity index (χ3v) is 2.91. The lowest BCUT2D eigenvalue weighted by Gasteiger charge is -2.22. The Morgan fingerprint density at radius 2 is 1.88 bits per heavy atom. The third kappa shape index (κ3) is 6.83. The molecule has 0 saturated heterocycles. The quantitative estimate of drug-likeness (QED) is 0.671. The zero-order valence-electron chi connectivity index (χ0n) is 11.1. The normalized spacial score (nSPS) is 14.9. The number of rotatable bonds is 8. The van der Waals surface area contributed by atoms with E-state index >= 15 is 0 Å². The summed E-state index contributed by atoms with van der Waals surface area (Å²) < 4.78 is 0. The first-order valence-corrected chi connectivity index (χ1v) is 6.41. The molecule has 0 aromatic carbocycles. The van der Waals surface area contributed by atoms with Gasteiger partial charge in [-0.05, 0) is 18.3 Å². The van der Waals surface area contributed by atoms with Gasteiger partial charge >= 0.3 is 0 Å². The molecule has 2 atom stereocenters.